The van der Waals surface area contributed by atoms with E-state index in [0.717, 1.165) is 33.2 Å². The normalized spacial score (nSPS) is 13.6. The molecule has 0 saturated carbocycles. The molecule has 0 aliphatic carbocycles. The van der Waals surface area contributed by atoms with Gasteiger partial charge in [0.2, 0.25) is 5.91 Å². The maximum Gasteiger partial charge on any atom is 0.250 e. The molecule has 1 fully saturated rings. The van der Waals surface area contributed by atoms with Crippen LogP contribution in [0.1, 0.15) is 28.9 Å². The van der Waals surface area contributed by atoms with Crippen molar-refractivity contribution in [2.45, 2.75) is 12.8 Å². The lowest BCUT2D eigenvalue weighted by molar-refractivity contribution is -0.133. The molecule has 37 heavy (non-hydrogen) atoms. The molecule has 2 aromatic carbocycles. The zero-order chi connectivity index (χ0) is 25.7. The smallest absolute Gasteiger partial charge is 0.250 e. The largest absolute Gasteiger partial charge is 0.366 e. The highest BCUT2D eigenvalue weighted by Crippen LogP contribution is 2.37. The first-order valence-electron chi connectivity index (χ1n) is 12.0. The van der Waals surface area contributed by atoms with Gasteiger partial charge in [-0.15, -0.1) is 0 Å². The Morgan fingerprint density at radius 1 is 1.00 bits per heavy atom. The highest BCUT2D eigenvalue weighted by molar-refractivity contribution is 6.01. The lowest BCUT2D eigenvalue weighted by Gasteiger charge is -2.39. The number of nitrogens with zero attached hydrogens (tertiary/aromatic N) is 5. The first kappa shape index (κ1) is 22.7. The number of nitrogens with one attached hydrogen (secondary N) is 1. The topological polar surface area (TPSA) is 119 Å². The van der Waals surface area contributed by atoms with Crippen LogP contribution in [0.15, 0.2) is 67.3 Å². The van der Waals surface area contributed by atoms with Crippen molar-refractivity contribution in [1.82, 2.24) is 24.4 Å². The summed E-state index contributed by atoms with van der Waals surface area (Å²) in [5, 5.41) is 4.58. The van der Waals surface area contributed by atoms with Crippen LogP contribution in [-0.2, 0) is 11.8 Å². The Morgan fingerprint density at radius 3 is 2.59 bits per heavy atom. The Bertz CT molecular complexity index is 1700. The molecule has 9 heteroatoms. The molecule has 1 aliphatic heterocycles. The van der Waals surface area contributed by atoms with E-state index >= 15 is 0 Å². The van der Waals surface area contributed by atoms with Crippen molar-refractivity contribution in [2.75, 3.05) is 18.4 Å². The number of rotatable bonds is 5. The molecule has 6 rings (SSSR count). The van der Waals surface area contributed by atoms with Gasteiger partial charge in [-0.3, -0.25) is 24.5 Å². The van der Waals surface area contributed by atoms with Crippen LogP contribution in [0.4, 0.5) is 11.4 Å². The number of hydrogen-bond donors (Lipinski definition) is 2. The van der Waals surface area contributed by atoms with Crippen LogP contribution in [-0.4, -0.2) is 49.3 Å². The summed E-state index contributed by atoms with van der Waals surface area (Å²) < 4.78 is 2.08. The van der Waals surface area contributed by atoms with E-state index in [2.05, 4.69) is 49.1 Å². The minimum Gasteiger partial charge on any atom is -0.366 e. The summed E-state index contributed by atoms with van der Waals surface area (Å²) in [4.78, 5) is 39.6. The zero-order valence-corrected chi connectivity index (χ0v) is 20.5. The summed E-state index contributed by atoms with van der Waals surface area (Å²) in [6, 6.07) is 13.9. The Labute approximate surface area is 213 Å². The molecule has 3 N–H and O–H groups in total. The third kappa shape index (κ3) is 3.94. The van der Waals surface area contributed by atoms with Gasteiger partial charge in [0, 0.05) is 74.5 Å². The predicted molar refractivity (Wildman–Crippen MR) is 142 cm³/mol. The number of benzene rings is 2. The summed E-state index contributed by atoms with van der Waals surface area (Å²) >= 11 is 0. The minimum absolute atomic E-state index is 0.00478. The van der Waals surface area contributed by atoms with Crippen molar-refractivity contribution in [3.63, 3.8) is 0 Å². The van der Waals surface area contributed by atoms with Gasteiger partial charge in [0.25, 0.3) is 5.91 Å². The first-order valence-corrected chi connectivity index (χ1v) is 12.0. The van der Waals surface area contributed by atoms with Crippen LogP contribution in [0.3, 0.4) is 0 Å². The number of aryl methyl sites for hydroxylation is 1. The molecule has 5 aromatic rings. The zero-order valence-electron chi connectivity index (χ0n) is 20.5. The maximum absolute atomic E-state index is 12.4. The molecular formula is C28H25N7O2. The molecule has 2 amide bonds. The summed E-state index contributed by atoms with van der Waals surface area (Å²) in [6.07, 6.45) is 6.96. The number of anilines is 2. The van der Waals surface area contributed by atoms with Gasteiger partial charge in [-0.05, 0) is 41.3 Å². The number of carbonyl (C=O) groups is 2. The third-order valence-electron chi connectivity index (χ3n) is 7.00. The molecule has 0 atom stereocenters. The average molecular weight is 492 g/mol. The van der Waals surface area contributed by atoms with E-state index in [1.54, 1.807) is 36.5 Å². The van der Waals surface area contributed by atoms with E-state index in [1.807, 2.05) is 25.4 Å². The van der Waals surface area contributed by atoms with Crippen LogP contribution >= 0.6 is 0 Å². The number of likely N-dealkylation sites (tertiary alicyclic amines) is 1. The van der Waals surface area contributed by atoms with E-state index < -0.39 is 5.91 Å². The molecule has 1 saturated heterocycles. The fraction of sp³-hybridized carbons (Fsp3) is 0.179. The number of pyridine rings is 1. The molecule has 184 valence electrons. The molecule has 0 radical (unpaired) electrons. The maximum atomic E-state index is 12.4. The van der Waals surface area contributed by atoms with Gasteiger partial charge < -0.3 is 20.5 Å². The number of amides is 2. The summed E-state index contributed by atoms with van der Waals surface area (Å²) in [5.41, 5.74) is 12.6. The SMILES string of the molecule is CC(=O)N1CC(c2nccc(C(N)=O)c2Nc2cc(-c3ccc4ccn(C)c4c3)c3nccnc3c2)C1. The summed E-state index contributed by atoms with van der Waals surface area (Å²) in [6.45, 7) is 2.64. The molecule has 0 bridgehead atoms. The van der Waals surface area contributed by atoms with E-state index in [4.69, 9.17) is 5.73 Å². The summed E-state index contributed by atoms with van der Waals surface area (Å²) in [7, 11) is 2.02. The van der Waals surface area contributed by atoms with E-state index in [-0.39, 0.29) is 11.8 Å². The van der Waals surface area contributed by atoms with Gasteiger partial charge >= 0.3 is 0 Å². The number of nitrogens with two attached hydrogens (primary N) is 1. The quantitative estimate of drug-likeness (QED) is 0.384. The molecule has 0 unspecified atom stereocenters. The van der Waals surface area contributed by atoms with Crippen LogP contribution < -0.4 is 11.1 Å². The van der Waals surface area contributed by atoms with E-state index in [1.165, 1.54) is 0 Å². The van der Waals surface area contributed by atoms with Gasteiger partial charge in [0.15, 0.2) is 0 Å². The van der Waals surface area contributed by atoms with Crippen molar-refractivity contribution in [3.8, 4) is 11.1 Å². The summed E-state index contributed by atoms with van der Waals surface area (Å²) in [5.74, 6) is -0.529. The number of carbonyl (C=O) groups excluding carboxylic acids is 2. The monoisotopic (exact) mass is 491 g/mol. The second-order valence-corrected chi connectivity index (χ2v) is 9.38. The van der Waals surface area contributed by atoms with E-state index in [0.29, 0.717) is 35.6 Å². The average Bonchev–Trinajstić information content (AvgIpc) is 3.23. The highest BCUT2D eigenvalue weighted by atomic mass is 16.2. The Kier molecular flexibility index (Phi) is 5.33. The fourth-order valence-electron chi connectivity index (χ4n) is 4.97. The first-order chi connectivity index (χ1) is 17.9. The lowest BCUT2D eigenvalue weighted by atomic mass is 9.92. The highest BCUT2D eigenvalue weighted by Gasteiger charge is 2.33. The fourth-order valence-corrected chi connectivity index (χ4v) is 4.97. The van der Waals surface area contributed by atoms with Gasteiger partial charge in [-0.1, -0.05) is 12.1 Å². The molecular weight excluding hydrogens is 466 g/mol. The van der Waals surface area contributed by atoms with Crippen LogP contribution in [0, 0.1) is 0 Å². The van der Waals surface area contributed by atoms with Crippen LogP contribution in [0.2, 0.25) is 0 Å². The van der Waals surface area contributed by atoms with Gasteiger partial charge in [-0.25, -0.2) is 0 Å². The Morgan fingerprint density at radius 2 is 1.81 bits per heavy atom. The van der Waals surface area contributed by atoms with Crippen molar-refractivity contribution < 1.29 is 9.59 Å². The number of aromatic nitrogens is 4. The molecule has 0 spiro atoms. The number of hydrogen-bond acceptors (Lipinski definition) is 6. The van der Waals surface area contributed by atoms with Crippen LogP contribution in [0.25, 0.3) is 33.1 Å². The molecule has 4 heterocycles. The number of primary amides is 1. The second kappa shape index (κ2) is 8.70. The number of fused-ring (bicyclic) bond motifs is 2. The van der Waals surface area contributed by atoms with Crippen molar-refractivity contribution in [1.29, 1.82) is 0 Å². The Hall–Kier alpha value is -4.79. The van der Waals surface area contributed by atoms with E-state index in [9.17, 15) is 9.59 Å². The lowest BCUT2D eigenvalue weighted by Crippen LogP contribution is -2.48. The molecule has 9 nitrogen and oxygen atoms in total. The predicted octanol–water partition coefficient (Wildman–Crippen LogP) is 3.97. The standard InChI is InChI=1S/C28H25N7O2/c1-16(36)35-14-19(15-35)25-27(21(28(29)37)5-7-31-25)33-20-12-22(26-23(13-20)30-8-9-32-26)18-4-3-17-6-10-34(2)24(17)11-18/h3-13,19,33H,14-15H2,1-2H3,(H2,29,37). The van der Waals surface area contributed by atoms with Gasteiger partial charge in [0.05, 0.1) is 28.0 Å². The second-order valence-electron chi connectivity index (χ2n) is 9.38. The van der Waals surface area contributed by atoms with Crippen molar-refractivity contribution in [2.24, 2.45) is 12.8 Å². The Balaban J connectivity index is 1.47. The van der Waals surface area contributed by atoms with Crippen molar-refractivity contribution >= 4 is 45.1 Å². The third-order valence-corrected chi connectivity index (χ3v) is 7.00. The molecule has 3 aromatic heterocycles. The van der Waals surface area contributed by atoms with Crippen molar-refractivity contribution in [3.05, 3.63) is 78.5 Å². The van der Waals surface area contributed by atoms with Gasteiger partial charge in [-0.2, -0.15) is 0 Å². The minimum atomic E-state index is -0.552. The van der Waals surface area contributed by atoms with Gasteiger partial charge in [0.1, 0.15) is 0 Å². The van der Waals surface area contributed by atoms with Crippen LogP contribution in [0.5, 0.6) is 0 Å². The molecule has 1 aliphatic rings.